The lowest BCUT2D eigenvalue weighted by Gasteiger charge is -2.34. The van der Waals surface area contributed by atoms with Crippen LogP contribution in [0.4, 0.5) is 5.82 Å². The van der Waals surface area contributed by atoms with Gasteiger partial charge in [0.1, 0.15) is 5.82 Å². The second kappa shape index (κ2) is 11.1. The molecule has 3 N–H and O–H groups in total. The number of hydrogen-bond donors (Lipinski definition) is 2. The third-order valence-electron chi connectivity index (χ3n) is 8.35. The van der Waals surface area contributed by atoms with E-state index < -0.39 is 0 Å². The van der Waals surface area contributed by atoms with Crippen molar-refractivity contribution in [3.63, 3.8) is 0 Å². The van der Waals surface area contributed by atoms with Gasteiger partial charge in [-0.1, -0.05) is 61.5 Å². The maximum Gasteiger partial charge on any atom is 0.225 e. The van der Waals surface area contributed by atoms with E-state index in [1.165, 1.54) is 5.56 Å². The highest BCUT2D eigenvalue weighted by Gasteiger charge is 2.39. The summed E-state index contributed by atoms with van der Waals surface area (Å²) >= 11 is 0. The van der Waals surface area contributed by atoms with Crippen molar-refractivity contribution in [3.05, 3.63) is 72.4 Å². The Morgan fingerprint density at radius 3 is 2.26 bits per heavy atom. The molecule has 38 heavy (non-hydrogen) atoms. The number of rotatable bonds is 8. The number of carbonyl (C=O) groups excluding carboxylic acids is 2. The zero-order chi connectivity index (χ0) is 26.7. The standard InChI is InChI=1S/C32H38N4O2/c1-3-31(38)36(2)26-15-9-22(10-16-26)19-30(37)35-29-20-27(23-7-5-4-6-8-23)28(21-34-29)24-11-13-25(14-12-24)32(33)17-18-32/h4-8,11-14,20-22,26H,3,9-10,15-19,33H2,1-2H3,(H,34,35,37)/t22-,26-. The highest BCUT2D eigenvalue weighted by Crippen LogP contribution is 2.43. The van der Waals surface area contributed by atoms with Crippen molar-refractivity contribution in [2.24, 2.45) is 11.7 Å². The third kappa shape index (κ3) is 5.81. The first-order valence-corrected chi connectivity index (χ1v) is 13.9. The van der Waals surface area contributed by atoms with Gasteiger partial charge >= 0.3 is 0 Å². The molecule has 2 amide bonds. The fourth-order valence-electron chi connectivity index (χ4n) is 5.66. The average Bonchev–Trinajstić information content (AvgIpc) is 3.71. The van der Waals surface area contributed by atoms with E-state index in [2.05, 4.69) is 46.7 Å². The van der Waals surface area contributed by atoms with E-state index >= 15 is 0 Å². The largest absolute Gasteiger partial charge is 0.343 e. The monoisotopic (exact) mass is 510 g/mol. The molecule has 6 heteroatoms. The van der Waals surface area contributed by atoms with Gasteiger partial charge < -0.3 is 16.0 Å². The molecule has 198 valence electrons. The lowest BCUT2D eigenvalue weighted by Crippen LogP contribution is -2.39. The quantitative estimate of drug-likeness (QED) is 0.382. The Hall–Kier alpha value is -3.51. The summed E-state index contributed by atoms with van der Waals surface area (Å²) in [4.78, 5) is 31.5. The molecule has 2 aliphatic carbocycles. The van der Waals surface area contributed by atoms with Gasteiger partial charge in [-0.15, -0.1) is 0 Å². The summed E-state index contributed by atoms with van der Waals surface area (Å²) in [5.74, 6) is 1.08. The topological polar surface area (TPSA) is 88.3 Å². The molecule has 0 bridgehead atoms. The predicted molar refractivity (Wildman–Crippen MR) is 152 cm³/mol. The summed E-state index contributed by atoms with van der Waals surface area (Å²) in [5.41, 5.74) is 11.6. The van der Waals surface area contributed by atoms with Crippen LogP contribution < -0.4 is 11.1 Å². The van der Waals surface area contributed by atoms with Gasteiger partial charge in [-0.25, -0.2) is 4.98 Å². The fourth-order valence-corrected chi connectivity index (χ4v) is 5.66. The van der Waals surface area contributed by atoms with Crippen molar-refractivity contribution < 1.29 is 9.59 Å². The molecule has 2 aromatic carbocycles. The highest BCUT2D eigenvalue weighted by molar-refractivity contribution is 5.92. The number of amides is 2. The Morgan fingerprint density at radius 2 is 1.63 bits per heavy atom. The highest BCUT2D eigenvalue weighted by atomic mass is 16.2. The number of anilines is 1. The lowest BCUT2D eigenvalue weighted by molar-refractivity contribution is -0.132. The Bertz CT molecular complexity index is 1280. The molecular weight excluding hydrogens is 472 g/mol. The van der Waals surface area contributed by atoms with Gasteiger partial charge in [0.05, 0.1) is 0 Å². The zero-order valence-electron chi connectivity index (χ0n) is 22.5. The van der Waals surface area contributed by atoms with Gasteiger partial charge in [-0.3, -0.25) is 9.59 Å². The van der Waals surface area contributed by atoms with Gasteiger partial charge in [0.25, 0.3) is 0 Å². The van der Waals surface area contributed by atoms with Crippen molar-refractivity contribution in [1.82, 2.24) is 9.88 Å². The second-order valence-corrected chi connectivity index (χ2v) is 11.0. The van der Waals surface area contributed by atoms with E-state index in [1.807, 2.05) is 49.3 Å². The van der Waals surface area contributed by atoms with Crippen LogP contribution in [0.2, 0.25) is 0 Å². The van der Waals surface area contributed by atoms with Gasteiger partial charge in [-0.2, -0.15) is 0 Å². The van der Waals surface area contributed by atoms with E-state index in [0.717, 1.165) is 60.8 Å². The van der Waals surface area contributed by atoms with E-state index in [0.29, 0.717) is 24.6 Å². The van der Waals surface area contributed by atoms with E-state index in [-0.39, 0.29) is 23.4 Å². The van der Waals surface area contributed by atoms with Crippen LogP contribution in [-0.4, -0.2) is 34.8 Å². The zero-order valence-corrected chi connectivity index (χ0v) is 22.5. The molecule has 1 heterocycles. The fraction of sp³-hybridized carbons (Fsp3) is 0.406. The van der Waals surface area contributed by atoms with Crippen LogP contribution in [0.1, 0.15) is 63.9 Å². The van der Waals surface area contributed by atoms with Gasteiger partial charge in [0.15, 0.2) is 0 Å². The number of benzene rings is 2. The Balaban J connectivity index is 1.28. The van der Waals surface area contributed by atoms with Gasteiger partial charge in [-0.05, 0) is 72.8 Å². The summed E-state index contributed by atoms with van der Waals surface area (Å²) < 4.78 is 0. The molecule has 6 nitrogen and oxygen atoms in total. The minimum Gasteiger partial charge on any atom is -0.343 e. The molecule has 0 atom stereocenters. The molecule has 0 radical (unpaired) electrons. The molecule has 2 fully saturated rings. The number of nitrogens with one attached hydrogen (secondary N) is 1. The van der Waals surface area contributed by atoms with Gasteiger partial charge in [0.2, 0.25) is 11.8 Å². The predicted octanol–water partition coefficient (Wildman–Crippen LogP) is 6.12. The minimum atomic E-state index is -0.157. The molecule has 1 aromatic heterocycles. The molecule has 2 aliphatic rings. The van der Waals surface area contributed by atoms with Crippen LogP contribution in [0, 0.1) is 5.92 Å². The number of carbonyl (C=O) groups is 2. The second-order valence-electron chi connectivity index (χ2n) is 11.0. The number of nitrogens with two attached hydrogens (primary N) is 1. The number of aromatic nitrogens is 1. The maximum absolute atomic E-state index is 13.0. The summed E-state index contributed by atoms with van der Waals surface area (Å²) in [6, 6.07) is 21.0. The normalized spacial score (nSPS) is 20.0. The Kier molecular flexibility index (Phi) is 7.61. The van der Waals surface area contributed by atoms with E-state index in [4.69, 9.17) is 5.73 Å². The first-order chi connectivity index (χ1) is 18.4. The minimum absolute atomic E-state index is 0.00673. The molecule has 0 unspecified atom stereocenters. The average molecular weight is 511 g/mol. The van der Waals surface area contributed by atoms with Crippen LogP contribution in [-0.2, 0) is 15.1 Å². The SMILES string of the molecule is CCC(=O)N(C)[C@H]1CC[C@H](CC(=O)Nc2cc(-c3ccccc3)c(-c3ccc(C4(N)CC4)cc3)cn2)CC1. The molecule has 0 saturated heterocycles. The van der Waals surface area contributed by atoms with Crippen molar-refractivity contribution in [1.29, 1.82) is 0 Å². The van der Waals surface area contributed by atoms with E-state index in [1.54, 1.807) is 0 Å². The number of hydrogen-bond acceptors (Lipinski definition) is 4. The third-order valence-corrected chi connectivity index (χ3v) is 8.35. The van der Waals surface area contributed by atoms with Crippen molar-refractivity contribution in [2.75, 3.05) is 12.4 Å². The van der Waals surface area contributed by atoms with Crippen LogP contribution >= 0.6 is 0 Å². The maximum atomic E-state index is 13.0. The molecular formula is C32H38N4O2. The van der Waals surface area contributed by atoms with Crippen LogP contribution in [0.15, 0.2) is 66.9 Å². The molecule has 3 aromatic rings. The van der Waals surface area contributed by atoms with Crippen molar-refractivity contribution in [3.8, 4) is 22.3 Å². The number of nitrogens with zero attached hydrogens (tertiary/aromatic N) is 2. The molecule has 0 spiro atoms. The van der Waals surface area contributed by atoms with Crippen LogP contribution in [0.5, 0.6) is 0 Å². The Morgan fingerprint density at radius 1 is 0.974 bits per heavy atom. The molecule has 5 rings (SSSR count). The summed E-state index contributed by atoms with van der Waals surface area (Å²) in [6.45, 7) is 1.90. The van der Waals surface area contributed by atoms with Crippen LogP contribution in [0.3, 0.4) is 0 Å². The Labute approximate surface area is 225 Å². The summed E-state index contributed by atoms with van der Waals surface area (Å²) in [5, 5.41) is 3.05. The van der Waals surface area contributed by atoms with Crippen molar-refractivity contribution >= 4 is 17.6 Å². The molecule has 0 aliphatic heterocycles. The summed E-state index contributed by atoms with van der Waals surface area (Å²) in [6.07, 6.45) is 8.77. The lowest BCUT2D eigenvalue weighted by atomic mass is 9.83. The smallest absolute Gasteiger partial charge is 0.225 e. The van der Waals surface area contributed by atoms with Crippen LogP contribution in [0.25, 0.3) is 22.3 Å². The first kappa shape index (κ1) is 26.1. The van der Waals surface area contributed by atoms with Crippen molar-refractivity contribution in [2.45, 2.75) is 69.9 Å². The van der Waals surface area contributed by atoms with Gasteiger partial charge in [0, 0.05) is 43.2 Å². The molecule has 2 saturated carbocycles. The first-order valence-electron chi connectivity index (χ1n) is 13.9. The number of pyridine rings is 1. The summed E-state index contributed by atoms with van der Waals surface area (Å²) in [7, 11) is 1.90. The van der Waals surface area contributed by atoms with E-state index in [9.17, 15) is 9.59 Å².